The predicted octanol–water partition coefficient (Wildman–Crippen LogP) is 3.10. The van der Waals surface area contributed by atoms with Crippen LogP contribution in [0.5, 0.6) is 0 Å². The Morgan fingerprint density at radius 1 is 1.15 bits per heavy atom. The normalized spacial score (nSPS) is 15.8. The number of rotatable bonds is 7. The molecule has 3 aromatic rings. The van der Waals surface area contributed by atoms with E-state index >= 15 is 0 Å². The van der Waals surface area contributed by atoms with Crippen molar-refractivity contribution in [1.29, 1.82) is 0 Å². The molecular weight excluding hydrogens is 478 g/mol. The Labute approximate surface area is 200 Å². The Hall–Kier alpha value is -3.48. The highest BCUT2D eigenvalue weighted by Gasteiger charge is 2.37. The monoisotopic (exact) mass is 501 g/mol. The minimum Gasteiger partial charge on any atom is -0.445 e. The molecule has 2 heterocycles. The fourth-order valence-corrected chi connectivity index (χ4v) is 5.03. The smallest absolute Gasteiger partial charge is 0.410 e. The molecule has 1 aliphatic heterocycles. The van der Waals surface area contributed by atoms with Gasteiger partial charge in [-0.15, -0.1) is 0 Å². The number of nitrogens with two attached hydrogens (primary N) is 2. The highest BCUT2D eigenvalue weighted by atomic mass is 32.2. The van der Waals surface area contributed by atoms with E-state index in [0.29, 0.717) is 30.2 Å². The third-order valence-electron chi connectivity index (χ3n) is 5.31. The number of nitrogens with zero attached hydrogens (tertiary/aromatic N) is 2. The van der Waals surface area contributed by atoms with Crippen molar-refractivity contribution < 1.29 is 22.7 Å². The number of ether oxygens (including phenoxy) is 1. The second-order valence-electron chi connectivity index (χ2n) is 7.68. The van der Waals surface area contributed by atoms with Crippen molar-refractivity contribution >= 4 is 49.9 Å². The first-order valence-corrected chi connectivity index (χ1v) is 12.8. The van der Waals surface area contributed by atoms with E-state index in [1.165, 1.54) is 29.2 Å². The number of nitrogen functional groups attached to an aromatic ring is 1. The number of sulfonamides is 1. The molecule has 0 radical (unpaired) electrons. The van der Waals surface area contributed by atoms with Gasteiger partial charge in [-0.1, -0.05) is 41.7 Å². The first-order chi connectivity index (χ1) is 16.2. The van der Waals surface area contributed by atoms with Crippen LogP contribution in [0, 0.1) is 0 Å². The van der Waals surface area contributed by atoms with Gasteiger partial charge in [0.25, 0.3) is 0 Å². The highest BCUT2D eigenvalue weighted by molar-refractivity contribution is 7.89. The van der Waals surface area contributed by atoms with Gasteiger partial charge in [0, 0.05) is 12.2 Å². The number of aromatic nitrogens is 1. The van der Waals surface area contributed by atoms with Crippen LogP contribution >= 0.6 is 11.3 Å². The minimum absolute atomic E-state index is 0.0203. The number of primary sulfonamides is 1. The molecule has 0 saturated carbocycles. The number of nitrogens with one attached hydrogen (secondary N) is 1. The summed E-state index contributed by atoms with van der Waals surface area (Å²) in [5, 5.41) is 8.46. The second kappa shape index (κ2) is 9.79. The lowest BCUT2D eigenvalue weighted by Crippen LogP contribution is -2.40. The molecule has 0 bridgehead atoms. The molecule has 1 unspecified atom stereocenters. The van der Waals surface area contributed by atoms with Gasteiger partial charge in [0.15, 0.2) is 10.9 Å². The number of amides is 1. The van der Waals surface area contributed by atoms with E-state index in [2.05, 4.69) is 10.3 Å². The lowest BCUT2D eigenvalue weighted by atomic mass is 10.1. The summed E-state index contributed by atoms with van der Waals surface area (Å²) in [4.78, 5) is 31.7. The Morgan fingerprint density at radius 2 is 1.85 bits per heavy atom. The SMILES string of the molecule is Nc1nc(Nc2ccc(S(N)(=O)=O)cc2)sc1C(=O)C1CCCN1C(=O)OCc1ccccc1. The molecule has 1 aliphatic rings. The maximum Gasteiger partial charge on any atom is 0.410 e. The average Bonchev–Trinajstić information content (AvgIpc) is 3.44. The van der Waals surface area contributed by atoms with Crippen molar-refractivity contribution in [3.8, 4) is 0 Å². The fraction of sp³-hybridized carbons (Fsp3) is 0.227. The molecule has 1 saturated heterocycles. The molecule has 10 nitrogen and oxygen atoms in total. The summed E-state index contributed by atoms with van der Waals surface area (Å²) in [7, 11) is -3.80. The first kappa shape index (κ1) is 23.7. The van der Waals surface area contributed by atoms with E-state index in [9.17, 15) is 18.0 Å². The lowest BCUT2D eigenvalue weighted by Gasteiger charge is -2.22. The van der Waals surface area contributed by atoms with Crippen LogP contribution in [-0.4, -0.2) is 42.8 Å². The number of Topliss-reactive ketones (excluding diaryl/α,β-unsaturated/α-hetero) is 1. The quantitative estimate of drug-likeness (QED) is 0.417. The highest BCUT2D eigenvalue weighted by Crippen LogP contribution is 2.32. The molecule has 0 aliphatic carbocycles. The summed E-state index contributed by atoms with van der Waals surface area (Å²) in [5.41, 5.74) is 7.42. The molecule has 178 valence electrons. The third-order valence-corrected chi connectivity index (χ3v) is 7.24. The zero-order valence-electron chi connectivity index (χ0n) is 18.0. The van der Waals surface area contributed by atoms with Crippen molar-refractivity contribution in [3.05, 3.63) is 65.0 Å². The molecule has 0 spiro atoms. The van der Waals surface area contributed by atoms with Crippen LogP contribution < -0.4 is 16.2 Å². The van der Waals surface area contributed by atoms with E-state index in [4.69, 9.17) is 15.6 Å². The number of hydrogen-bond acceptors (Lipinski definition) is 9. The maximum absolute atomic E-state index is 13.2. The van der Waals surface area contributed by atoms with Crippen molar-refractivity contribution in [2.45, 2.75) is 30.4 Å². The van der Waals surface area contributed by atoms with Gasteiger partial charge in [0.2, 0.25) is 10.0 Å². The zero-order valence-corrected chi connectivity index (χ0v) is 19.6. The van der Waals surface area contributed by atoms with E-state index in [1.54, 1.807) is 0 Å². The van der Waals surface area contributed by atoms with E-state index < -0.39 is 22.2 Å². The van der Waals surface area contributed by atoms with Crippen molar-refractivity contribution in [2.75, 3.05) is 17.6 Å². The van der Waals surface area contributed by atoms with E-state index in [-0.39, 0.29) is 28.0 Å². The number of thiazole rings is 1. The van der Waals surface area contributed by atoms with Gasteiger partial charge >= 0.3 is 6.09 Å². The Balaban J connectivity index is 1.43. The van der Waals surface area contributed by atoms with Gasteiger partial charge < -0.3 is 15.8 Å². The molecule has 5 N–H and O–H groups in total. The van der Waals surface area contributed by atoms with Crippen LogP contribution in [0.25, 0.3) is 0 Å². The molecule has 1 atom stereocenters. The lowest BCUT2D eigenvalue weighted by molar-refractivity contribution is 0.0741. The predicted molar refractivity (Wildman–Crippen MR) is 128 cm³/mol. The van der Waals surface area contributed by atoms with Gasteiger partial charge in [0.1, 0.15) is 17.3 Å². The average molecular weight is 502 g/mol. The Kier molecular flexibility index (Phi) is 6.82. The van der Waals surface area contributed by atoms with Crippen LogP contribution in [0.3, 0.4) is 0 Å². The maximum atomic E-state index is 13.2. The molecule has 2 aromatic carbocycles. The Bertz CT molecular complexity index is 1290. The zero-order chi connectivity index (χ0) is 24.3. The molecule has 4 rings (SSSR count). The number of likely N-dealkylation sites (tertiary alicyclic amines) is 1. The second-order valence-corrected chi connectivity index (χ2v) is 10.2. The minimum atomic E-state index is -3.80. The number of carbonyl (C=O) groups excluding carboxylic acids is 2. The molecule has 1 aromatic heterocycles. The van der Waals surface area contributed by atoms with Crippen LogP contribution in [0.15, 0.2) is 59.5 Å². The van der Waals surface area contributed by atoms with Gasteiger partial charge in [0.05, 0.1) is 10.9 Å². The standard InChI is InChI=1S/C22H23N5O5S2/c23-20-19(33-21(26-20)25-15-8-10-16(11-9-15)34(24,30)31)18(28)17-7-4-12-27(17)22(29)32-13-14-5-2-1-3-6-14/h1-3,5-6,8-11,17H,4,7,12-13,23H2,(H,25,26)(H2,24,30,31). The molecule has 12 heteroatoms. The van der Waals surface area contributed by atoms with Crippen molar-refractivity contribution in [3.63, 3.8) is 0 Å². The van der Waals surface area contributed by atoms with Crippen LogP contribution in [0.2, 0.25) is 0 Å². The van der Waals surface area contributed by atoms with E-state index in [0.717, 1.165) is 16.9 Å². The van der Waals surface area contributed by atoms with Crippen LogP contribution in [0.4, 0.5) is 21.4 Å². The summed E-state index contributed by atoms with van der Waals surface area (Å²) >= 11 is 1.06. The summed E-state index contributed by atoms with van der Waals surface area (Å²) in [6, 6.07) is 14.4. The molecule has 34 heavy (non-hydrogen) atoms. The van der Waals surface area contributed by atoms with Crippen LogP contribution in [0.1, 0.15) is 28.1 Å². The summed E-state index contributed by atoms with van der Waals surface area (Å²) in [5.74, 6) is -0.232. The van der Waals surface area contributed by atoms with E-state index in [1.807, 2.05) is 30.3 Å². The molecular formula is C22H23N5O5S2. The summed E-state index contributed by atoms with van der Waals surface area (Å²) < 4.78 is 28.2. The van der Waals surface area contributed by atoms with Gasteiger partial charge in [-0.2, -0.15) is 0 Å². The summed E-state index contributed by atoms with van der Waals surface area (Å²) in [6.07, 6.45) is 0.641. The number of hydrogen-bond donors (Lipinski definition) is 3. The van der Waals surface area contributed by atoms with Gasteiger partial charge in [-0.3, -0.25) is 9.69 Å². The largest absolute Gasteiger partial charge is 0.445 e. The molecule has 1 amide bonds. The third kappa shape index (κ3) is 5.35. The number of ketones is 1. The fourth-order valence-electron chi connectivity index (χ4n) is 3.62. The number of carbonyl (C=O) groups is 2. The number of anilines is 3. The summed E-state index contributed by atoms with van der Waals surface area (Å²) in [6.45, 7) is 0.544. The first-order valence-electron chi connectivity index (χ1n) is 10.4. The van der Waals surface area contributed by atoms with Gasteiger partial charge in [-0.05, 0) is 42.7 Å². The van der Waals surface area contributed by atoms with Crippen molar-refractivity contribution in [2.24, 2.45) is 5.14 Å². The van der Waals surface area contributed by atoms with Crippen molar-refractivity contribution in [1.82, 2.24) is 9.88 Å². The topological polar surface area (TPSA) is 158 Å². The van der Waals surface area contributed by atoms with Crippen LogP contribution in [-0.2, 0) is 21.4 Å². The number of benzene rings is 2. The Morgan fingerprint density at radius 3 is 2.53 bits per heavy atom. The molecule has 1 fully saturated rings. The van der Waals surface area contributed by atoms with Gasteiger partial charge in [-0.25, -0.2) is 23.3 Å².